The molecule has 4 rings (SSSR count). The van der Waals surface area contributed by atoms with Gasteiger partial charge < -0.3 is 9.64 Å². The van der Waals surface area contributed by atoms with E-state index >= 15 is 0 Å². The number of amides is 1. The van der Waals surface area contributed by atoms with E-state index in [1.165, 1.54) is 30.5 Å². The standard InChI is InChI=1S/C29H33N5O6S/c1-21(2)23-6-8-25(9-7-23)33(41(38,39)27-11-4-22(3)5-12-27)20-29(35)31-30-19-24-18-26(34(36)37)10-13-28(24)32-14-16-40-17-15-32/h4-13,18-19,21H,14-17,20H2,1-3H3,(H,31,35)/b30-19-. The lowest BCUT2D eigenvalue weighted by molar-refractivity contribution is -0.384. The molecule has 1 amide bonds. The van der Waals surface area contributed by atoms with Crippen molar-refractivity contribution in [3.05, 3.63) is 93.5 Å². The van der Waals surface area contributed by atoms with Crippen molar-refractivity contribution < 1.29 is 22.9 Å². The lowest BCUT2D eigenvalue weighted by atomic mass is 10.0. The Hall–Kier alpha value is -4.29. The molecule has 0 aromatic heterocycles. The topological polar surface area (TPSA) is 134 Å². The van der Waals surface area contributed by atoms with E-state index in [9.17, 15) is 23.3 Å². The van der Waals surface area contributed by atoms with Crippen LogP contribution in [-0.2, 0) is 19.6 Å². The molecule has 41 heavy (non-hydrogen) atoms. The second-order valence-electron chi connectivity index (χ2n) is 9.96. The molecule has 0 unspecified atom stereocenters. The largest absolute Gasteiger partial charge is 0.378 e. The van der Waals surface area contributed by atoms with E-state index < -0.39 is 27.4 Å². The Kier molecular flexibility index (Phi) is 9.35. The summed E-state index contributed by atoms with van der Waals surface area (Å²) in [5.41, 5.74) is 5.69. The third-order valence-corrected chi connectivity index (χ3v) is 8.50. The second kappa shape index (κ2) is 12.9. The van der Waals surface area contributed by atoms with Gasteiger partial charge in [-0.15, -0.1) is 0 Å². The summed E-state index contributed by atoms with van der Waals surface area (Å²) < 4.78 is 33.7. The normalized spacial score (nSPS) is 13.9. The van der Waals surface area contributed by atoms with E-state index in [0.29, 0.717) is 43.2 Å². The summed E-state index contributed by atoms with van der Waals surface area (Å²) in [6.45, 7) is 7.65. The van der Waals surface area contributed by atoms with Crippen molar-refractivity contribution in [3.63, 3.8) is 0 Å². The van der Waals surface area contributed by atoms with E-state index in [0.717, 1.165) is 15.4 Å². The lowest BCUT2D eigenvalue weighted by Crippen LogP contribution is -2.39. The summed E-state index contributed by atoms with van der Waals surface area (Å²) >= 11 is 0. The molecular weight excluding hydrogens is 546 g/mol. The highest BCUT2D eigenvalue weighted by molar-refractivity contribution is 7.92. The minimum Gasteiger partial charge on any atom is -0.378 e. The number of benzene rings is 3. The minimum absolute atomic E-state index is 0.0547. The Morgan fingerprint density at radius 1 is 1.10 bits per heavy atom. The number of non-ortho nitro benzene ring substituents is 1. The molecule has 11 nitrogen and oxygen atoms in total. The molecule has 3 aromatic rings. The first kappa shape index (κ1) is 29.7. The van der Waals surface area contributed by atoms with Crippen molar-refractivity contribution in [3.8, 4) is 0 Å². The zero-order valence-electron chi connectivity index (χ0n) is 23.2. The summed E-state index contributed by atoms with van der Waals surface area (Å²) in [5.74, 6) is -0.428. The van der Waals surface area contributed by atoms with Crippen LogP contribution >= 0.6 is 0 Å². The van der Waals surface area contributed by atoms with Gasteiger partial charge in [0.25, 0.3) is 21.6 Å². The lowest BCUT2D eigenvalue weighted by Gasteiger charge is -2.29. The van der Waals surface area contributed by atoms with Gasteiger partial charge >= 0.3 is 0 Å². The van der Waals surface area contributed by atoms with Gasteiger partial charge in [-0.05, 0) is 48.7 Å². The van der Waals surface area contributed by atoms with Crippen LogP contribution in [0.4, 0.5) is 17.1 Å². The van der Waals surface area contributed by atoms with E-state index in [-0.39, 0.29) is 16.5 Å². The molecule has 1 aliphatic rings. The molecule has 1 N–H and O–H groups in total. The van der Waals surface area contributed by atoms with Crippen molar-refractivity contribution in [2.75, 3.05) is 42.1 Å². The van der Waals surface area contributed by atoms with Crippen LogP contribution in [0.2, 0.25) is 0 Å². The molecule has 1 aliphatic heterocycles. The van der Waals surface area contributed by atoms with Crippen LogP contribution in [0.3, 0.4) is 0 Å². The molecule has 0 saturated carbocycles. The van der Waals surface area contributed by atoms with E-state index in [1.54, 1.807) is 30.3 Å². The van der Waals surface area contributed by atoms with E-state index in [2.05, 4.69) is 10.5 Å². The van der Waals surface area contributed by atoms with Crippen molar-refractivity contribution >= 4 is 39.2 Å². The van der Waals surface area contributed by atoms with Gasteiger partial charge in [-0.1, -0.05) is 43.7 Å². The molecule has 216 valence electrons. The fraction of sp³-hybridized carbons (Fsp3) is 0.310. The molecule has 0 spiro atoms. The van der Waals surface area contributed by atoms with Gasteiger partial charge in [0.2, 0.25) is 0 Å². The van der Waals surface area contributed by atoms with Crippen LogP contribution in [0.15, 0.2) is 76.7 Å². The van der Waals surface area contributed by atoms with Gasteiger partial charge in [-0.3, -0.25) is 19.2 Å². The summed E-state index contributed by atoms with van der Waals surface area (Å²) in [5, 5.41) is 15.4. The van der Waals surface area contributed by atoms with Crippen LogP contribution in [0.5, 0.6) is 0 Å². The average molecular weight is 580 g/mol. The number of nitrogens with zero attached hydrogens (tertiary/aromatic N) is 4. The fourth-order valence-corrected chi connectivity index (χ4v) is 5.79. The van der Waals surface area contributed by atoms with Crippen LogP contribution in [0.1, 0.15) is 36.5 Å². The van der Waals surface area contributed by atoms with Gasteiger partial charge in [0.1, 0.15) is 6.54 Å². The number of hydrogen-bond donors (Lipinski definition) is 1. The zero-order valence-corrected chi connectivity index (χ0v) is 24.0. The Morgan fingerprint density at radius 2 is 1.76 bits per heavy atom. The number of hydrogen-bond acceptors (Lipinski definition) is 8. The molecule has 0 atom stereocenters. The highest BCUT2D eigenvalue weighted by Crippen LogP contribution is 2.27. The number of morpholine rings is 1. The molecule has 1 heterocycles. The van der Waals surface area contributed by atoms with Crippen LogP contribution < -0.4 is 14.6 Å². The number of rotatable bonds is 10. The molecule has 3 aromatic carbocycles. The predicted octanol–water partition coefficient (Wildman–Crippen LogP) is 4.21. The zero-order chi connectivity index (χ0) is 29.6. The van der Waals surface area contributed by atoms with E-state index in [1.807, 2.05) is 37.8 Å². The molecule has 1 fully saturated rings. The molecule has 12 heteroatoms. The first-order chi connectivity index (χ1) is 19.6. The Labute approximate surface area is 239 Å². The number of carbonyl (C=O) groups excluding carboxylic acids is 1. The summed E-state index contributed by atoms with van der Waals surface area (Å²) in [7, 11) is -4.09. The third kappa shape index (κ3) is 7.27. The number of ether oxygens (including phenoxy) is 1. The van der Waals surface area contributed by atoms with Crippen molar-refractivity contribution in [2.24, 2.45) is 5.10 Å². The molecular formula is C29H33N5O6S. The summed E-state index contributed by atoms with van der Waals surface area (Å²) in [4.78, 5) is 26.0. The van der Waals surface area contributed by atoms with Crippen molar-refractivity contribution in [1.29, 1.82) is 0 Å². The highest BCUT2D eigenvalue weighted by Gasteiger charge is 2.27. The van der Waals surface area contributed by atoms with Gasteiger partial charge in [0.15, 0.2) is 0 Å². The number of nitrogens with one attached hydrogen (secondary N) is 1. The number of nitro groups is 1. The molecule has 0 bridgehead atoms. The number of carbonyl (C=O) groups is 1. The predicted molar refractivity (Wildman–Crippen MR) is 158 cm³/mol. The summed E-state index contributed by atoms with van der Waals surface area (Å²) in [6, 6.07) is 17.9. The minimum atomic E-state index is -4.09. The Bertz CT molecular complexity index is 1520. The Morgan fingerprint density at radius 3 is 2.37 bits per heavy atom. The highest BCUT2D eigenvalue weighted by atomic mass is 32.2. The monoisotopic (exact) mass is 579 g/mol. The van der Waals surface area contributed by atoms with Crippen LogP contribution in [0.25, 0.3) is 0 Å². The molecule has 1 saturated heterocycles. The van der Waals surface area contributed by atoms with Crippen molar-refractivity contribution in [2.45, 2.75) is 31.6 Å². The number of aryl methyl sites for hydroxylation is 1. The first-order valence-electron chi connectivity index (χ1n) is 13.2. The quantitative estimate of drug-likeness (QED) is 0.216. The van der Waals surface area contributed by atoms with Gasteiger partial charge in [0, 0.05) is 36.5 Å². The number of anilines is 2. The second-order valence-corrected chi connectivity index (χ2v) is 11.8. The maximum atomic E-state index is 13.6. The molecule has 0 aliphatic carbocycles. The van der Waals surface area contributed by atoms with E-state index in [4.69, 9.17) is 4.74 Å². The number of hydrazone groups is 1. The van der Waals surface area contributed by atoms with Crippen LogP contribution in [-0.4, -0.2) is 58.3 Å². The Balaban J connectivity index is 1.58. The summed E-state index contributed by atoms with van der Waals surface area (Å²) in [6.07, 6.45) is 1.33. The van der Waals surface area contributed by atoms with Gasteiger partial charge in [-0.2, -0.15) is 5.10 Å². The third-order valence-electron chi connectivity index (χ3n) is 6.71. The fourth-order valence-electron chi connectivity index (χ4n) is 4.37. The maximum Gasteiger partial charge on any atom is 0.270 e. The smallest absolute Gasteiger partial charge is 0.270 e. The first-order valence-corrected chi connectivity index (χ1v) is 14.6. The number of sulfonamides is 1. The average Bonchev–Trinajstić information content (AvgIpc) is 2.96. The number of nitro benzene ring substituents is 1. The maximum absolute atomic E-state index is 13.6. The SMILES string of the molecule is Cc1ccc(S(=O)(=O)N(CC(=O)N/N=C\c2cc([N+](=O)[O-])ccc2N2CCOCC2)c2ccc(C(C)C)cc2)cc1. The van der Waals surface area contributed by atoms with Gasteiger partial charge in [0.05, 0.1) is 34.9 Å². The molecule has 0 radical (unpaired) electrons. The van der Waals surface area contributed by atoms with Crippen molar-refractivity contribution in [1.82, 2.24) is 5.43 Å². The van der Waals surface area contributed by atoms with Gasteiger partial charge in [-0.25, -0.2) is 13.8 Å². The van der Waals surface area contributed by atoms with Crippen LogP contribution in [0, 0.1) is 17.0 Å².